The van der Waals surface area contributed by atoms with E-state index in [9.17, 15) is 0 Å². The first kappa shape index (κ1) is 11.5. The molecule has 0 heterocycles. The molecule has 1 aliphatic carbocycles. The minimum absolute atomic E-state index is 0.0753. The molecule has 0 aliphatic heterocycles. The largest absolute Gasteiger partial charge is 0.383 e. The van der Waals surface area contributed by atoms with Crippen molar-refractivity contribution in [3.05, 3.63) is 29.3 Å². The lowest BCUT2D eigenvalue weighted by atomic mass is 10.0. The summed E-state index contributed by atoms with van der Waals surface area (Å²) in [4.78, 5) is 0. The molecule has 3 N–H and O–H groups in total. The Hall–Kier alpha value is -1.02. The second kappa shape index (κ2) is 4.46. The summed E-state index contributed by atoms with van der Waals surface area (Å²) in [5, 5.41) is 3.56. The van der Waals surface area contributed by atoms with Crippen LogP contribution < -0.4 is 11.1 Å². The third-order valence-electron chi connectivity index (χ3n) is 3.51. The van der Waals surface area contributed by atoms with Crippen molar-refractivity contribution in [1.82, 2.24) is 0 Å². The van der Waals surface area contributed by atoms with Crippen molar-refractivity contribution in [2.45, 2.75) is 45.1 Å². The summed E-state index contributed by atoms with van der Waals surface area (Å²) in [5.74, 6) is 0. The summed E-state index contributed by atoms with van der Waals surface area (Å²) in [6.07, 6.45) is 4.48. The fourth-order valence-electron chi connectivity index (χ4n) is 2.07. The lowest BCUT2D eigenvalue weighted by Gasteiger charge is -2.18. The van der Waals surface area contributed by atoms with Gasteiger partial charge in [0, 0.05) is 17.8 Å². The maximum atomic E-state index is 6.11. The van der Waals surface area contributed by atoms with Gasteiger partial charge in [-0.1, -0.05) is 32.0 Å². The van der Waals surface area contributed by atoms with Gasteiger partial charge in [-0.2, -0.15) is 0 Å². The van der Waals surface area contributed by atoms with Crippen LogP contribution >= 0.6 is 0 Å². The smallest absolute Gasteiger partial charge is 0.0405 e. The summed E-state index contributed by atoms with van der Waals surface area (Å²) < 4.78 is 0. The van der Waals surface area contributed by atoms with Crippen LogP contribution in [-0.4, -0.2) is 12.1 Å². The average molecular weight is 218 g/mol. The zero-order valence-corrected chi connectivity index (χ0v) is 10.3. The first-order valence-corrected chi connectivity index (χ1v) is 6.32. The Morgan fingerprint density at radius 1 is 1.19 bits per heavy atom. The van der Waals surface area contributed by atoms with Gasteiger partial charge in [0.1, 0.15) is 0 Å². The number of aryl methyl sites for hydroxylation is 2. The third-order valence-corrected chi connectivity index (χ3v) is 3.51. The molecule has 16 heavy (non-hydrogen) atoms. The highest BCUT2D eigenvalue weighted by Gasteiger charge is 2.37. The van der Waals surface area contributed by atoms with E-state index in [1.54, 1.807) is 0 Å². The molecule has 1 saturated carbocycles. The predicted octanol–water partition coefficient (Wildman–Crippen LogP) is 2.71. The molecule has 1 aromatic carbocycles. The molecule has 0 amide bonds. The molecule has 2 rings (SSSR count). The Balaban J connectivity index is 2.15. The first-order chi connectivity index (χ1) is 7.68. The van der Waals surface area contributed by atoms with E-state index in [4.69, 9.17) is 5.73 Å². The molecule has 0 aromatic heterocycles. The quantitative estimate of drug-likeness (QED) is 0.797. The molecular weight excluding hydrogens is 196 g/mol. The zero-order valence-electron chi connectivity index (χ0n) is 10.3. The number of benzene rings is 1. The summed E-state index contributed by atoms with van der Waals surface area (Å²) in [6, 6.07) is 6.56. The number of para-hydroxylation sites is 1. The van der Waals surface area contributed by atoms with Crippen molar-refractivity contribution in [3.63, 3.8) is 0 Å². The minimum atomic E-state index is 0.0753. The number of rotatable bonds is 5. The van der Waals surface area contributed by atoms with E-state index in [2.05, 4.69) is 37.4 Å². The molecule has 0 atom stereocenters. The predicted molar refractivity (Wildman–Crippen MR) is 69.8 cm³/mol. The Bertz CT molecular complexity index is 345. The summed E-state index contributed by atoms with van der Waals surface area (Å²) in [6.45, 7) is 5.32. The van der Waals surface area contributed by atoms with Crippen LogP contribution in [0.2, 0.25) is 0 Å². The monoisotopic (exact) mass is 218 g/mol. The molecule has 1 fully saturated rings. The van der Waals surface area contributed by atoms with Gasteiger partial charge in [-0.25, -0.2) is 0 Å². The highest BCUT2D eigenvalue weighted by molar-refractivity contribution is 5.58. The molecule has 1 aromatic rings. The molecule has 0 unspecified atom stereocenters. The number of hydrogen-bond donors (Lipinski definition) is 2. The van der Waals surface area contributed by atoms with Gasteiger partial charge in [0.15, 0.2) is 0 Å². The van der Waals surface area contributed by atoms with Crippen LogP contribution in [0.1, 0.15) is 37.8 Å². The molecule has 2 heteroatoms. The number of hydrogen-bond acceptors (Lipinski definition) is 2. The van der Waals surface area contributed by atoms with Gasteiger partial charge in [-0.15, -0.1) is 0 Å². The summed E-state index contributed by atoms with van der Waals surface area (Å²) in [5.41, 5.74) is 10.3. The number of nitrogens with one attached hydrogen (secondary N) is 1. The van der Waals surface area contributed by atoms with Crippen molar-refractivity contribution in [3.8, 4) is 0 Å². The van der Waals surface area contributed by atoms with Gasteiger partial charge in [-0.3, -0.25) is 0 Å². The molecular formula is C14H22N2. The van der Waals surface area contributed by atoms with Crippen LogP contribution in [0.5, 0.6) is 0 Å². The Kier molecular flexibility index (Phi) is 3.20. The van der Waals surface area contributed by atoms with Crippen molar-refractivity contribution in [1.29, 1.82) is 0 Å². The van der Waals surface area contributed by atoms with Crippen molar-refractivity contribution in [2.75, 3.05) is 11.9 Å². The van der Waals surface area contributed by atoms with Crippen LogP contribution in [0.15, 0.2) is 18.2 Å². The van der Waals surface area contributed by atoms with E-state index in [-0.39, 0.29) is 5.54 Å². The lowest BCUT2D eigenvalue weighted by Crippen LogP contribution is -2.31. The van der Waals surface area contributed by atoms with E-state index in [1.807, 2.05) is 0 Å². The zero-order chi connectivity index (χ0) is 11.6. The molecule has 88 valence electrons. The standard InChI is InChI=1S/C14H22N2/c1-3-11-6-5-7-12(4-2)13(11)16-10-14(15)8-9-14/h5-7,16H,3-4,8-10,15H2,1-2H3. The van der Waals surface area contributed by atoms with E-state index in [1.165, 1.54) is 16.8 Å². The van der Waals surface area contributed by atoms with Crippen LogP contribution in [0.3, 0.4) is 0 Å². The van der Waals surface area contributed by atoms with Gasteiger partial charge in [0.05, 0.1) is 0 Å². The van der Waals surface area contributed by atoms with Crippen LogP contribution in [0.4, 0.5) is 5.69 Å². The first-order valence-electron chi connectivity index (χ1n) is 6.32. The Morgan fingerprint density at radius 3 is 2.19 bits per heavy atom. The van der Waals surface area contributed by atoms with E-state index in [0.717, 1.165) is 32.2 Å². The average Bonchev–Trinajstić information content (AvgIpc) is 3.04. The lowest BCUT2D eigenvalue weighted by molar-refractivity contribution is 0.712. The SMILES string of the molecule is CCc1cccc(CC)c1NCC1(N)CC1. The second-order valence-corrected chi connectivity index (χ2v) is 4.87. The Labute approximate surface area is 98.2 Å². The molecule has 0 bridgehead atoms. The third kappa shape index (κ3) is 2.38. The van der Waals surface area contributed by atoms with Crippen molar-refractivity contribution in [2.24, 2.45) is 5.73 Å². The van der Waals surface area contributed by atoms with Crippen LogP contribution in [-0.2, 0) is 12.8 Å². The molecule has 0 radical (unpaired) electrons. The van der Waals surface area contributed by atoms with Crippen molar-refractivity contribution < 1.29 is 0 Å². The summed E-state index contributed by atoms with van der Waals surface area (Å²) in [7, 11) is 0. The molecule has 0 saturated heterocycles. The van der Waals surface area contributed by atoms with Gasteiger partial charge in [-0.05, 0) is 36.8 Å². The fourth-order valence-corrected chi connectivity index (χ4v) is 2.07. The van der Waals surface area contributed by atoms with Gasteiger partial charge < -0.3 is 11.1 Å². The molecule has 0 spiro atoms. The van der Waals surface area contributed by atoms with Crippen LogP contribution in [0.25, 0.3) is 0 Å². The van der Waals surface area contributed by atoms with E-state index in [0.29, 0.717) is 0 Å². The van der Waals surface area contributed by atoms with E-state index < -0.39 is 0 Å². The minimum Gasteiger partial charge on any atom is -0.383 e. The van der Waals surface area contributed by atoms with Gasteiger partial charge in [0.25, 0.3) is 0 Å². The Morgan fingerprint density at radius 2 is 1.75 bits per heavy atom. The molecule has 2 nitrogen and oxygen atoms in total. The summed E-state index contributed by atoms with van der Waals surface area (Å²) >= 11 is 0. The second-order valence-electron chi connectivity index (χ2n) is 4.87. The normalized spacial score (nSPS) is 17.2. The number of nitrogens with two attached hydrogens (primary N) is 1. The van der Waals surface area contributed by atoms with E-state index >= 15 is 0 Å². The highest BCUT2D eigenvalue weighted by Crippen LogP contribution is 2.33. The number of anilines is 1. The highest BCUT2D eigenvalue weighted by atomic mass is 15.0. The topological polar surface area (TPSA) is 38.0 Å². The van der Waals surface area contributed by atoms with Crippen LogP contribution in [0, 0.1) is 0 Å². The maximum Gasteiger partial charge on any atom is 0.0405 e. The van der Waals surface area contributed by atoms with Crippen molar-refractivity contribution >= 4 is 5.69 Å². The van der Waals surface area contributed by atoms with Gasteiger partial charge in [0.2, 0.25) is 0 Å². The maximum absolute atomic E-state index is 6.11. The van der Waals surface area contributed by atoms with Gasteiger partial charge >= 0.3 is 0 Å². The molecule has 1 aliphatic rings. The fraction of sp³-hybridized carbons (Fsp3) is 0.571.